The van der Waals surface area contributed by atoms with Crippen molar-refractivity contribution in [3.05, 3.63) is 23.4 Å². The fourth-order valence-electron chi connectivity index (χ4n) is 3.59. The van der Waals surface area contributed by atoms with Crippen molar-refractivity contribution >= 4 is 29.3 Å². The Kier molecular flexibility index (Phi) is 7.15. The smallest absolute Gasteiger partial charge is 0.222 e. The maximum atomic E-state index is 11.7. The summed E-state index contributed by atoms with van der Waals surface area (Å²) in [6.07, 6.45) is 5.37. The molecule has 1 atom stereocenters. The van der Waals surface area contributed by atoms with E-state index >= 15 is 0 Å². The maximum absolute atomic E-state index is 11.7. The Balaban J connectivity index is 1.47. The van der Waals surface area contributed by atoms with Crippen LogP contribution in [0.15, 0.2) is 23.3 Å². The molecule has 0 aliphatic carbocycles. The molecule has 3 heterocycles. The van der Waals surface area contributed by atoms with Crippen LogP contribution in [0.2, 0.25) is 5.02 Å². The van der Waals surface area contributed by atoms with Gasteiger partial charge in [-0.25, -0.2) is 4.98 Å². The second kappa shape index (κ2) is 9.78. The van der Waals surface area contributed by atoms with Crippen LogP contribution in [0.5, 0.6) is 0 Å². The van der Waals surface area contributed by atoms with Crippen molar-refractivity contribution in [2.24, 2.45) is 4.99 Å². The largest absolute Gasteiger partial charge is 0.357 e. The monoisotopic (exact) mass is 392 g/mol. The second-order valence-corrected chi connectivity index (χ2v) is 7.39. The molecular weight excluding hydrogens is 364 g/mol. The molecule has 0 radical (unpaired) electrons. The normalized spacial score (nSPS) is 20.4. The number of aliphatic imine (C=N–C) groups is 1. The zero-order valence-corrected chi connectivity index (χ0v) is 16.7. The average Bonchev–Trinajstić information content (AvgIpc) is 3.28. The van der Waals surface area contributed by atoms with Gasteiger partial charge in [0.25, 0.3) is 0 Å². The Morgan fingerprint density at radius 2 is 2.33 bits per heavy atom. The molecule has 2 aliphatic rings. The highest BCUT2D eigenvalue weighted by Crippen LogP contribution is 2.25. The third-order valence-electron chi connectivity index (χ3n) is 4.94. The summed E-state index contributed by atoms with van der Waals surface area (Å²) in [4.78, 5) is 24.9. The number of nitrogens with one attached hydrogen (secondary N) is 2. The van der Waals surface area contributed by atoms with E-state index in [0.29, 0.717) is 24.0 Å². The van der Waals surface area contributed by atoms with Crippen LogP contribution in [0.3, 0.4) is 0 Å². The Hall–Kier alpha value is -2.02. The van der Waals surface area contributed by atoms with E-state index in [2.05, 4.69) is 32.4 Å². The molecule has 0 saturated carbocycles. The SMILES string of the molecule is CCNC(=NCCCN1CCCC1=O)NC1CCN(c2ncccc2Cl)C1. The van der Waals surface area contributed by atoms with Gasteiger partial charge in [-0.1, -0.05) is 11.6 Å². The van der Waals surface area contributed by atoms with Crippen LogP contribution in [-0.2, 0) is 4.79 Å². The third kappa shape index (κ3) is 5.48. The number of nitrogens with zero attached hydrogens (tertiary/aromatic N) is 4. The average molecular weight is 393 g/mol. The zero-order valence-electron chi connectivity index (χ0n) is 16.0. The van der Waals surface area contributed by atoms with Gasteiger partial charge in [-0.15, -0.1) is 0 Å². The van der Waals surface area contributed by atoms with E-state index in [1.807, 2.05) is 17.0 Å². The standard InChI is InChI=1S/C19H29ClN6O/c1-2-21-19(23-10-5-12-25-11-4-7-17(25)27)24-15-8-13-26(14-15)18-16(20)6-3-9-22-18/h3,6,9,15H,2,4-5,7-8,10-14H2,1H3,(H2,21,23,24). The lowest BCUT2D eigenvalue weighted by atomic mass is 10.3. The molecule has 1 unspecified atom stereocenters. The van der Waals surface area contributed by atoms with Gasteiger partial charge in [-0.3, -0.25) is 9.79 Å². The van der Waals surface area contributed by atoms with E-state index in [1.54, 1.807) is 6.20 Å². The third-order valence-corrected chi connectivity index (χ3v) is 5.23. The lowest BCUT2D eigenvalue weighted by Gasteiger charge is -2.20. The molecule has 1 aromatic heterocycles. The number of carbonyl (C=O) groups excluding carboxylic acids is 1. The van der Waals surface area contributed by atoms with Gasteiger partial charge in [0.15, 0.2) is 5.96 Å². The minimum atomic E-state index is 0.281. The van der Waals surface area contributed by atoms with Crippen LogP contribution in [-0.4, -0.2) is 67.1 Å². The molecule has 0 aromatic carbocycles. The number of amides is 1. The number of likely N-dealkylation sites (tertiary alicyclic amines) is 1. The fourth-order valence-corrected chi connectivity index (χ4v) is 3.83. The van der Waals surface area contributed by atoms with E-state index < -0.39 is 0 Å². The Bertz CT molecular complexity index is 667. The van der Waals surface area contributed by atoms with Crippen molar-refractivity contribution in [2.45, 2.75) is 38.6 Å². The number of guanidine groups is 1. The van der Waals surface area contributed by atoms with E-state index in [4.69, 9.17) is 11.6 Å². The van der Waals surface area contributed by atoms with Gasteiger partial charge in [0.05, 0.1) is 5.02 Å². The van der Waals surface area contributed by atoms with Crippen molar-refractivity contribution in [1.82, 2.24) is 20.5 Å². The van der Waals surface area contributed by atoms with E-state index in [9.17, 15) is 4.79 Å². The van der Waals surface area contributed by atoms with Gasteiger partial charge in [0.1, 0.15) is 5.82 Å². The number of aromatic nitrogens is 1. The van der Waals surface area contributed by atoms with Gasteiger partial charge < -0.3 is 20.4 Å². The van der Waals surface area contributed by atoms with Crippen LogP contribution in [0.25, 0.3) is 0 Å². The molecule has 0 bridgehead atoms. The molecule has 1 amide bonds. The predicted octanol–water partition coefficient (Wildman–Crippen LogP) is 1.88. The molecule has 7 nitrogen and oxygen atoms in total. The number of hydrogen-bond acceptors (Lipinski definition) is 4. The minimum Gasteiger partial charge on any atom is -0.357 e. The highest BCUT2D eigenvalue weighted by Gasteiger charge is 2.25. The Morgan fingerprint density at radius 3 is 3.07 bits per heavy atom. The van der Waals surface area contributed by atoms with Crippen LogP contribution in [0.4, 0.5) is 5.82 Å². The van der Waals surface area contributed by atoms with Crippen molar-refractivity contribution in [2.75, 3.05) is 44.2 Å². The van der Waals surface area contributed by atoms with Gasteiger partial charge >= 0.3 is 0 Å². The molecule has 8 heteroatoms. The van der Waals surface area contributed by atoms with E-state index in [-0.39, 0.29) is 5.91 Å². The van der Waals surface area contributed by atoms with Gasteiger partial charge in [-0.2, -0.15) is 0 Å². The quantitative estimate of drug-likeness (QED) is 0.421. The molecule has 2 aliphatic heterocycles. The lowest BCUT2D eigenvalue weighted by Crippen LogP contribution is -2.44. The molecule has 2 saturated heterocycles. The van der Waals surface area contributed by atoms with Crippen molar-refractivity contribution in [3.63, 3.8) is 0 Å². The number of pyridine rings is 1. The van der Waals surface area contributed by atoms with E-state index in [1.165, 1.54) is 0 Å². The second-order valence-electron chi connectivity index (χ2n) is 6.98. The molecule has 0 spiro atoms. The molecule has 148 valence electrons. The Morgan fingerprint density at radius 1 is 1.44 bits per heavy atom. The van der Waals surface area contributed by atoms with Crippen LogP contribution in [0, 0.1) is 0 Å². The summed E-state index contributed by atoms with van der Waals surface area (Å²) in [5.74, 6) is 1.97. The lowest BCUT2D eigenvalue weighted by molar-refractivity contribution is -0.127. The summed E-state index contributed by atoms with van der Waals surface area (Å²) in [6, 6.07) is 4.03. The number of anilines is 1. The summed E-state index contributed by atoms with van der Waals surface area (Å²) < 4.78 is 0. The fraction of sp³-hybridized carbons (Fsp3) is 0.632. The Labute approximate surface area is 166 Å². The number of rotatable bonds is 7. The zero-order chi connectivity index (χ0) is 19.1. The van der Waals surface area contributed by atoms with Gasteiger partial charge in [0.2, 0.25) is 5.91 Å². The van der Waals surface area contributed by atoms with Crippen molar-refractivity contribution in [1.29, 1.82) is 0 Å². The van der Waals surface area contributed by atoms with Crippen molar-refractivity contribution in [3.8, 4) is 0 Å². The summed E-state index contributed by atoms with van der Waals surface area (Å²) >= 11 is 6.27. The van der Waals surface area contributed by atoms with Crippen LogP contribution < -0.4 is 15.5 Å². The first-order chi connectivity index (χ1) is 13.2. The summed E-state index contributed by atoms with van der Waals surface area (Å²) in [6.45, 7) is 7.07. The first-order valence-corrected chi connectivity index (χ1v) is 10.2. The summed E-state index contributed by atoms with van der Waals surface area (Å²) in [7, 11) is 0. The molecule has 1 aromatic rings. The minimum absolute atomic E-state index is 0.281. The topological polar surface area (TPSA) is 72.9 Å². The first kappa shape index (κ1) is 19.7. The van der Waals surface area contributed by atoms with E-state index in [0.717, 1.165) is 63.8 Å². The molecule has 3 rings (SSSR count). The molecule has 2 fully saturated rings. The molecule has 27 heavy (non-hydrogen) atoms. The number of carbonyl (C=O) groups is 1. The number of hydrogen-bond donors (Lipinski definition) is 2. The van der Waals surface area contributed by atoms with Crippen molar-refractivity contribution < 1.29 is 4.79 Å². The van der Waals surface area contributed by atoms with Gasteiger partial charge in [0, 0.05) is 57.9 Å². The highest BCUT2D eigenvalue weighted by atomic mass is 35.5. The predicted molar refractivity (Wildman–Crippen MR) is 109 cm³/mol. The summed E-state index contributed by atoms with van der Waals surface area (Å²) in [5, 5.41) is 7.52. The molecular formula is C19H29ClN6O. The first-order valence-electron chi connectivity index (χ1n) is 9.85. The van der Waals surface area contributed by atoms with Gasteiger partial charge in [-0.05, 0) is 38.3 Å². The number of halogens is 1. The van der Waals surface area contributed by atoms with Crippen LogP contribution >= 0.6 is 11.6 Å². The highest BCUT2D eigenvalue weighted by molar-refractivity contribution is 6.32. The maximum Gasteiger partial charge on any atom is 0.222 e. The summed E-state index contributed by atoms with van der Waals surface area (Å²) in [5.41, 5.74) is 0. The van der Waals surface area contributed by atoms with Crippen LogP contribution in [0.1, 0.15) is 32.6 Å². The molecule has 2 N–H and O–H groups in total.